The number of nitrogens with zero attached hydrogens (tertiary/aromatic N) is 1. The van der Waals surface area contributed by atoms with Crippen molar-refractivity contribution in [3.63, 3.8) is 0 Å². The van der Waals surface area contributed by atoms with Crippen LogP contribution in [0.1, 0.15) is 19.8 Å². The molecule has 0 bridgehead atoms. The van der Waals surface area contributed by atoms with E-state index >= 15 is 0 Å². The summed E-state index contributed by atoms with van der Waals surface area (Å²) in [4.78, 5) is 36.1. The van der Waals surface area contributed by atoms with Crippen LogP contribution in [-0.2, 0) is 14.3 Å². The highest BCUT2D eigenvalue weighted by molar-refractivity contribution is 5.88. The van der Waals surface area contributed by atoms with Gasteiger partial charge in [-0.3, -0.25) is 4.79 Å². The average Bonchev–Trinajstić information content (AvgIpc) is 3.23. The summed E-state index contributed by atoms with van der Waals surface area (Å²) in [5.41, 5.74) is -1.28. The molecule has 8 heteroatoms. The van der Waals surface area contributed by atoms with Crippen LogP contribution in [0.5, 0.6) is 0 Å². The number of rotatable bonds is 8. The fourth-order valence-corrected chi connectivity index (χ4v) is 1.94. The number of carboxylic acid groups (broad SMARTS) is 1. The van der Waals surface area contributed by atoms with Gasteiger partial charge in [-0.1, -0.05) is 0 Å². The molecular weight excluding hydrogens is 278 g/mol. The van der Waals surface area contributed by atoms with Crippen molar-refractivity contribution in [3.8, 4) is 0 Å². The second-order valence-corrected chi connectivity index (χ2v) is 5.41. The van der Waals surface area contributed by atoms with Gasteiger partial charge in [0.1, 0.15) is 12.1 Å². The van der Waals surface area contributed by atoms with Gasteiger partial charge in [-0.25, -0.2) is 9.59 Å². The predicted molar refractivity (Wildman–Crippen MR) is 74.8 cm³/mol. The molecule has 0 aromatic rings. The molecule has 1 aliphatic carbocycles. The zero-order valence-corrected chi connectivity index (χ0v) is 12.6. The minimum absolute atomic E-state index is 0.0529. The highest BCUT2D eigenvalue weighted by Crippen LogP contribution is 2.39. The average molecular weight is 301 g/mol. The van der Waals surface area contributed by atoms with Gasteiger partial charge in [-0.15, -0.1) is 0 Å². The molecule has 1 saturated carbocycles. The number of methoxy groups -OCH3 is 1. The first kappa shape index (κ1) is 17.2. The largest absolute Gasteiger partial charge is 0.480 e. The van der Waals surface area contributed by atoms with Crippen LogP contribution in [0.3, 0.4) is 0 Å². The SMILES string of the molecule is COCCNC(=O)CN(C)C(=O)NC(C)(C(=O)O)C1CC1. The number of likely N-dealkylation sites (N-methyl/N-ethyl adjacent to an activating group) is 1. The smallest absolute Gasteiger partial charge is 0.329 e. The number of aliphatic carboxylic acids is 1. The van der Waals surface area contributed by atoms with Gasteiger partial charge in [0.2, 0.25) is 5.91 Å². The monoisotopic (exact) mass is 301 g/mol. The third-order valence-electron chi connectivity index (χ3n) is 3.56. The first-order valence-electron chi connectivity index (χ1n) is 6.83. The summed E-state index contributed by atoms with van der Waals surface area (Å²) in [5.74, 6) is -1.44. The van der Waals surface area contributed by atoms with E-state index in [0.29, 0.717) is 13.2 Å². The van der Waals surface area contributed by atoms with Crippen molar-refractivity contribution in [3.05, 3.63) is 0 Å². The van der Waals surface area contributed by atoms with Gasteiger partial charge in [-0.2, -0.15) is 0 Å². The molecule has 0 aliphatic heterocycles. The summed E-state index contributed by atoms with van der Waals surface area (Å²) < 4.78 is 4.80. The summed E-state index contributed by atoms with van der Waals surface area (Å²) in [7, 11) is 2.97. The van der Waals surface area contributed by atoms with Gasteiger partial charge < -0.3 is 25.4 Å². The number of ether oxygens (including phenoxy) is 1. The maximum atomic E-state index is 12.0. The molecule has 120 valence electrons. The van der Waals surface area contributed by atoms with Gasteiger partial charge in [-0.05, 0) is 25.7 Å². The maximum absolute atomic E-state index is 12.0. The summed E-state index contributed by atoms with van der Waals surface area (Å²) in [6.07, 6.45) is 1.56. The van der Waals surface area contributed by atoms with Crippen molar-refractivity contribution in [2.24, 2.45) is 5.92 Å². The molecule has 3 N–H and O–H groups in total. The molecule has 0 radical (unpaired) electrons. The Morgan fingerprint density at radius 3 is 2.48 bits per heavy atom. The highest BCUT2D eigenvalue weighted by Gasteiger charge is 2.49. The van der Waals surface area contributed by atoms with Gasteiger partial charge in [0.15, 0.2) is 0 Å². The molecule has 0 aromatic carbocycles. The second kappa shape index (κ2) is 7.26. The lowest BCUT2D eigenvalue weighted by atomic mass is 9.96. The topological polar surface area (TPSA) is 108 Å². The summed E-state index contributed by atoms with van der Waals surface area (Å²) in [6.45, 7) is 2.10. The van der Waals surface area contributed by atoms with E-state index in [1.54, 1.807) is 0 Å². The Morgan fingerprint density at radius 1 is 1.38 bits per heavy atom. The van der Waals surface area contributed by atoms with Gasteiger partial charge >= 0.3 is 12.0 Å². The van der Waals surface area contributed by atoms with Crippen LogP contribution in [0.25, 0.3) is 0 Å². The van der Waals surface area contributed by atoms with E-state index in [2.05, 4.69) is 10.6 Å². The van der Waals surface area contributed by atoms with E-state index in [4.69, 9.17) is 4.74 Å². The lowest BCUT2D eigenvalue weighted by molar-refractivity contribution is -0.144. The normalized spacial score (nSPS) is 16.7. The Balaban J connectivity index is 2.46. The molecular formula is C13H23N3O5. The van der Waals surface area contributed by atoms with Crippen molar-refractivity contribution in [1.82, 2.24) is 15.5 Å². The Hall–Kier alpha value is -1.83. The standard InChI is InChI=1S/C13H23N3O5/c1-13(11(18)19,9-4-5-9)15-12(20)16(2)8-10(17)14-6-7-21-3/h9H,4-8H2,1-3H3,(H,14,17)(H,15,20)(H,18,19). The van der Waals surface area contributed by atoms with Crippen LogP contribution in [0, 0.1) is 5.92 Å². The molecule has 0 saturated heterocycles. The molecule has 21 heavy (non-hydrogen) atoms. The molecule has 0 heterocycles. The minimum atomic E-state index is -1.28. The third-order valence-corrected chi connectivity index (χ3v) is 3.56. The zero-order valence-electron chi connectivity index (χ0n) is 12.6. The van der Waals surface area contributed by atoms with Crippen LogP contribution in [0.15, 0.2) is 0 Å². The van der Waals surface area contributed by atoms with E-state index in [9.17, 15) is 19.5 Å². The molecule has 1 rings (SSSR count). The van der Waals surface area contributed by atoms with E-state index in [0.717, 1.165) is 17.7 Å². The van der Waals surface area contributed by atoms with Crippen LogP contribution < -0.4 is 10.6 Å². The molecule has 8 nitrogen and oxygen atoms in total. The zero-order chi connectivity index (χ0) is 16.0. The van der Waals surface area contributed by atoms with Crippen molar-refractivity contribution in [1.29, 1.82) is 0 Å². The number of hydrogen-bond donors (Lipinski definition) is 3. The van der Waals surface area contributed by atoms with Crippen molar-refractivity contribution in [2.45, 2.75) is 25.3 Å². The summed E-state index contributed by atoms with van der Waals surface area (Å²) in [5, 5.41) is 14.4. The van der Waals surface area contributed by atoms with Crippen LogP contribution in [0.4, 0.5) is 4.79 Å². The Labute approximate surface area is 123 Å². The number of carbonyl (C=O) groups excluding carboxylic acids is 2. The minimum Gasteiger partial charge on any atom is -0.480 e. The van der Waals surface area contributed by atoms with Crippen molar-refractivity contribution in [2.75, 3.05) is 33.9 Å². The maximum Gasteiger partial charge on any atom is 0.329 e. The number of hydrogen-bond acceptors (Lipinski definition) is 4. The van der Waals surface area contributed by atoms with E-state index in [-0.39, 0.29) is 18.4 Å². The molecule has 1 unspecified atom stereocenters. The quantitative estimate of drug-likeness (QED) is 0.531. The van der Waals surface area contributed by atoms with Crippen molar-refractivity contribution >= 4 is 17.9 Å². The molecule has 0 spiro atoms. The first-order chi connectivity index (χ1) is 9.81. The molecule has 1 fully saturated rings. The van der Waals surface area contributed by atoms with E-state index in [1.807, 2.05) is 0 Å². The van der Waals surface area contributed by atoms with E-state index in [1.165, 1.54) is 21.1 Å². The lowest BCUT2D eigenvalue weighted by Crippen LogP contribution is -2.57. The number of urea groups is 1. The van der Waals surface area contributed by atoms with Gasteiger partial charge in [0.25, 0.3) is 0 Å². The van der Waals surface area contributed by atoms with Crippen LogP contribution in [-0.4, -0.2) is 67.3 Å². The fraction of sp³-hybridized carbons (Fsp3) is 0.769. The Kier molecular flexibility index (Phi) is 5.95. The highest BCUT2D eigenvalue weighted by atomic mass is 16.5. The van der Waals surface area contributed by atoms with E-state index < -0.39 is 17.5 Å². The summed E-state index contributed by atoms with van der Waals surface area (Å²) >= 11 is 0. The first-order valence-corrected chi connectivity index (χ1v) is 6.83. The number of carbonyl (C=O) groups is 3. The third kappa shape index (κ3) is 4.89. The lowest BCUT2D eigenvalue weighted by Gasteiger charge is -2.29. The van der Waals surface area contributed by atoms with Gasteiger partial charge in [0.05, 0.1) is 6.61 Å². The Bertz CT molecular complexity index is 411. The Morgan fingerprint density at radius 2 is 2.00 bits per heavy atom. The second-order valence-electron chi connectivity index (χ2n) is 5.41. The van der Waals surface area contributed by atoms with Crippen LogP contribution >= 0.6 is 0 Å². The molecule has 1 atom stereocenters. The predicted octanol–water partition coefficient (Wildman–Crippen LogP) is -0.356. The van der Waals surface area contributed by atoms with Gasteiger partial charge in [0, 0.05) is 20.7 Å². The molecule has 0 aromatic heterocycles. The number of nitrogens with one attached hydrogen (secondary N) is 2. The number of amides is 3. The molecule has 3 amide bonds. The molecule has 1 aliphatic rings. The van der Waals surface area contributed by atoms with Crippen molar-refractivity contribution < 1.29 is 24.2 Å². The van der Waals surface area contributed by atoms with Crippen LogP contribution in [0.2, 0.25) is 0 Å². The fourth-order valence-electron chi connectivity index (χ4n) is 1.94. The number of carboxylic acids is 1. The summed E-state index contributed by atoms with van der Waals surface area (Å²) in [6, 6.07) is -0.575.